The van der Waals surface area contributed by atoms with Crippen molar-refractivity contribution in [2.75, 3.05) is 5.32 Å². The molecule has 168 valence electrons. The Balaban J connectivity index is 1.37. The van der Waals surface area contributed by atoms with Gasteiger partial charge in [-0.05, 0) is 61.7 Å². The summed E-state index contributed by atoms with van der Waals surface area (Å²) >= 11 is 0. The van der Waals surface area contributed by atoms with Crippen molar-refractivity contribution in [3.8, 4) is 22.4 Å². The number of pyridine rings is 3. The molecule has 0 spiro atoms. The first-order valence-corrected chi connectivity index (χ1v) is 10.9. The molecule has 5 heterocycles. The van der Waals surface area contributed by atoms with E-state index >= 15 is 0 Å². The number of aromatic nitrogens is 6. The van der Waals surface area contributed by atoms with Crippen molar-refractivity contribution in [3.63, 3.8) is 0 Å². The van der Waals surface area contributed by atoms with E-state index in [1.54, 1.807) is 29.3 Å². The van der Waals surface area contributed by atoms with Crippen molar-refractivity contribution in [1.29, 1.82) is 0 Å². The highest BCUT2D eigenvalue weighted by Crippen LogP contribution is 2.25. The van der Waals surface area contributed by atoms with Crippen LogP contribution in [0, 0.1) is 20.8 Å². The monoisotopic (exact) mass is 449 g/mol. The molecule has 5 rings (SSSR count). The van der Waals surface area contributed by atoms with Gasteiger partial charge in [-0.3, -0.25) is 19.7 Å². The first kappa shape index (κ1) is 21.4. The van der Waals surface area contributed by atoms with Crippen LogP contribution in [0.1, 0.15) is 32.9 Å². The summed E-state index contributed by atoms with van der Waals surface area (Å²) in [5.74, 6) is 0.634. The van der Waals surface area contributed by atoms with Crippen molar-refractivity contribution in [1.82, 2.24) is 29.5 Å². The Labute approximate surface area is 196 Å². The number of hydrogen-bond donors (Lipinski definition) is 1. The summed E-state index contributed by atoms with van der Waals surface area (Å²) in [7, 11) is 0. The Morgan fingerprint density at radius 2 is 1.74 bits per heavy atom. The molecule has 0 aromatic carbocycles. The van der Waals surface area contributed by atoms with Crippen LogP contribution >= 0.6 is 0 Å². The summed E-state index contributed by atoms with van der Waals surface area (Å²) in [5, 5.41) is 7.89. The normalized spacial score (nSPS) is 11.0. The van der Waals surface area contributed by atoms with E-state index in [1.807, 2.05) is 44.3 Å². The fourth-order valence-electron chi connectivity index (χ4n) is 3.98. The second-order valence-electron chi connectivity index (χ2n) is 8.24. The highest BCUT2D eigenvalue weighted by atomic mass is 16.1. The van der Waals surface area contributed by atoms with Gasteiger partial charge in [-0.1, -0.05) is 6.07 Å². The number of carbonyl (C=O) groups is 1. The predicted molar refractivity (Wildman–Crippen MR) is 131 cm³/mol. The molecule has 5 aromatic heterocycles. The number of hydrogen-bond acceptors (Lipinski definition) is 7. The highest BCUT2D eigenvalue weighted by molar-refractivity contribution is 5.87. The van der Waals surface area contributed by atoms with Crippen molar-refractivity contribution >= 4 is 17.8 Å². The molecule has 0 aliphatic heterocycles. The summed E-state index contributed by atoms with van der Waals surface area (Å²) in [6.45, 7) is 6.49. The molecule has 0 bridgehead atoms. The predicted octanol–water partition coefficient (Wildman–Crippen LogP) is 4.60. The van der Waals surface area contributed by atoms with E-state index in [-0.39, 0.29) is 0 Å². The number of aryl methyl sites for hydroxylation is 3. The van der Waals surface area contributed by atoms with E-state index in [2.05, 4.69) is 43.3 Å². The summed E-state index contributed by atoms with van der Waals surface area (Å²) < 4.78 is 1.74. The molecule has 0 unspecified atom stereocenters. The lowest BCUT2D eigenvalue weighted by Gasteiger charge is -2.10. The van der Waals surface area contributed by atoms with Crippen molar-refractivity contribution in [2.45, 2.75) is 27.3 Å². The fraction of sp³-hybridized carbons (Fsp3) is 0.154. The quantitative estimate of drug-likeness (QED) is 0.378. The SMILES string of the molecule is Cc1cc(-c2ncc(CNc3ncc4cc(-c5cc(C)ncc5C=O)cnn34)cc2C)ccn1. The van der Waals surface area contributed by atoms with Gasteiger partial charge in [0.25, 0.3) is 0 Å². The van der Waals surface area contributed by atoms with Crippen molar-refractivity contribution in [2.24, 2.45) is 0 Å². The summed E-state index contributed by atoms with van der Waals surface area (Å²) in [6.07, 6.45) is 9.57. The third kappa shape index (κ3) is 4.13. The Morgan fingerprint density at radius 1 is 0.882 bits per heavy atom. The molecule has 0 amide bonds. The van der Waals surface area contributed by atoms with Crippen molar-refractivity contribution < 1.29 is 4.79 Å². The smallest absolute Gasteiger partial charge is 0.224 e. The Bertz CT molecular complexity index is 1520. The van der Waals surface area contributed by atoms with Crippen LogP contribution in [0.4, 0.5) is 5.95 Å². The maximum absolute atomic E-state index is 11.4. The fourth-order valence-corrected chi connectivity index (χ4v) is 3.98. The lowest BCUT2D eigenvalue weighted by molar-refractivity contribution is 0.112. The number of nitrogens with zero attached hydrogens (tertiary/aromatic N) is 6. The maximum Gasteiger partial charge on any atom is 0.224 e. The van der Waals surface area contributed by atoms with Gasteiger partial charge >= 0.3 is 0 Å². The zero-order valence-corrected chi connectivity index (χ0v) is 19.1. The number of carbonyl (C=O) groups excluding carboxylic acids is 1. The number of rotatable bonds is 6. The molecule has 0 atom stereocenters. The average Bonchev–Trinajstić information content (AvgIpc) is 3.25. The van der Waals surface area contributed by atoms with Gasteiger partial charge in [0.05, 0.1) is 23.6 Å². The molecule has 34 heavy (non-hydrogen) atoms. The van der Waals surface area contributed by atoms with Crippen LogP contribution in [-0.2, 0) is 6.54 Å². The average molecular weight is 450 g/mol. The van der Waals surface area contributed by atoms with Gasteiger partial charge in [-0.15, -0.1) is 0 Å². The van der Waals surface area contributed by atoms with Gasteiger partial charge in [0.15, 0.2) is 6.29 Å². The standard InChI is InChI=1S/C26H23N7O/c1-16-6-19(10-29-25(16)20-4-5-27-17(2)7-20)11-30-26-31-14-23-9-21(13-32-33(23)26)24-8-18(3)28-12-22(24)15-34/h4-10,12-15H,11H2,1-3H3,(H,30,31). The lowest BCUT2D eigenvalue weighted by atomic mass is 10.0. The van der Waals surface area contributed by atoms with Crippen molar-refractivity contribution in [3.05, 3.63) is 89.4 Å². The van der Waals surface area contributed by atoms with Gasteiger partial charge in [0.1, 0.15) is 0 Å². The van der Waals surface area contributed by atoms with Gasteiger partial charge in [-0.2, -0.15) is 9.61 Å². The molecule has 8 nitrogen and oxygen atoms in total. The Morgan fingerprint density at radius 3 is 2.53 bits per heavy atom. The van der Waals surface area contributed by atoms with Crippen LogP contribution < -0.4 is 5.32 Å². The van der Waals surface area contributed by atoms with E-state index in [0.717, 1.165) is 56.7 Å². The van der Waals surface area contributed by atoms with Gasteiger partial charge in [0, 0.05) is 53.2 Å². The molecule has 0 fully saturated rings. The van der Waals surface area contributed by atoms with E-state index in [9.17, 15) is 4.79 Å². The first-order chi connectivity index (χ1) is 16.5. The Kier molecular flexibility index (Phi) is 5.55. The van der Waals surface area contributed by atoms with Crippen LogP contribution in [0.25, 0.3) is 27.9 Å². The molecule has 8 heteroatoms. The first-order valence-electron chi connectivity index (χ1n) is 10.9. The van der Waals surface area contributed by atoms with Crippen LogP contribution in [0.3, 0.4) is 0 Å². The van der Waals surface area contributed by atoms with Gasteiger partial charge in [-0.25, -0.2) is 4.98 Å². The van der Waals surface area contributed by atoms with Crippen LogP contribution in [-0.4, -0.2) is 35.8 Å². The number of nitrogens with one attached hydrogen (secondary N) is 1. The summed E-state index contributed by atoms with van der Waals surface area (Å²) in [4.78, 5) is 29.1. The molecule has 0 aliphatic carbocycles. The number of imidazole rings is 1. The minimum absolute atomic E-state index is 0.530. The molecular formula is C26H23N7O. The van der Waals surface area contributed by atoms with E-state index < -0.39 is 0 Å². The minimum Gasteiger partial charge on any atom is -0.350 e. The molecule has 1 N–H and O–H groups in total. The lowest BCUT2D eigenvalue weighted by Crippen LogP contribution is -2.06. The number of aldehydes is 1. The van der Waals surface area contributed by atoms with E-state index in [0.29, 0.717) is 18.1 Å². The van der Waals surface area contributed by atoms with Gasteiger partial charge < -0.3 is 5.32 Å². The molecule has 0 radical (unpaired) electrons. The van der Waals surface area contributed by atoms with Crippen LogP contribution in [0.5, 0.6) is 0 Å². The molecule has 0 saturated carbocycles. The van der Waals surface area contributed by atoms with Crippen LogP contribution in [0.15, 0.2) is 61.3 Å². The summed E-state index contributed by atoms with van der Waals surface area (Å²) in [5.41, 5.74) is 8.96. The number of anilines is 1. The zero-order valence-electron chi connectivity index (χ0n) is 19.1. The largest absolute Gasteiger partial charge is 0.350 e. The Hall–Kier alpha value is -4.46. The third-order valence-corrected chi connectivity index (χ3v) is 5.65. The molecular weight excluding hydrogens is 426 g/mol. The van der Waals surface area contributed by atoms with E-state index in [1.165, 1.54) is 0 Å². The second-order valence-corrected chi connectivity index (χ2v) is 8.24. The molecule has 0 aliphatic rings. The topological polar surface area (TPSA) is 98.0 Å². The zero-order chi connectivity index (χ0) is 23.7. The highest BCUT2D eigenvalue weighted by Gasteiger charge is 2.11. The van der Waals surface area contributed by atoms with E-state index in [4.69, 9.17) is 0 Å². The second kappa shape index (κ2) is 8.82. The van der Waals surface area contributed by atoms with Crippen LogP contribution in [0.2, 0.25) is 0 Å². The molecule has 5 aromatic rings. The molecule has 0 saturated heterocycles. The number of fused-ring (bicyclic) bond motifs is 1. The third-order valence-electron chi connectivity index (χ3n) is 5.65. The summed E-state index contributed by atoms with van der Waals surface area (Å²) in [6, 6.07) is 9.99. The van der Waals surface area contributed by atoms with Gasteiger partial charge in [0.2, 0.25) is 5.95 Å². The minimum atomic E-state index is 0.530. The maximum atomic E-state index is 11.4.